The zero-order valence-corrected chi connectivity index (χ0v) is 18.5. The van der Waals surface area contributed by atoms with E-state index in [1.807, 2.05) is 6.07 Å². The van der Waals surface area contributed by atoms with Crippen LogP contribution in [0, 0.1) is 11.8 Å². The molecule has 1 saturated carbocycles. The van der Waals surface area contributed by atoms with Gasteiger partial charge in [0.15, 0.2) is 17.3 Å². The molecule has 1 saturated heterocycles. The van der Waals surface area contributed by atoms with E-state index in [1.54, 1.807) is 12.3 Å². The molecule has 3 atom stereocenters. The van der Waals surface area contributed by atoms with Crippen molar-refractivity contribution >= 4 is 23.2 Å². The van der Waals surface area contributed by atoms with Gasteiger partial charge in [-0.25, -0.2) is 15.0 Å². The molecule has 2 bridgehead atoms. The van der Waals surface area contributed by atoms with Crippen molar-refractivity contribution in [3.8, 4) is 11.4 Å². The Morgan fingerprint density at radius 3 is 2.46 bits per heavy atom. The van der Waals surface area contributed by atoms with Gasteiger partial charge in [-0.3, -0.25) is 9.78 Å². The summed E-state index contributed by atoms with van der Waals surface area (Å²) in [6.07, 6.45) is 1.28. The van der Waals surface area contributed by atoms with Crippen molar-refractivity contribution in [3.05, 3.63) is 54.1 Å². The summed E-state index contributed by atoms with van der Waals surface area (Å²) < 4.78 is 40.4. The molecule has 5 N–H and O–H groups in total. The maximum atomic E-state index is 13.5. The van der Waals surface area contributed by atoms with E-state index in [0.717, 1.165) is 43.9 Å². The number of nitrogens with one attached hydrogen (secondary N) is 1. The third-order valence-electron chi connectivity index (χ3n) is 6.64. The van der Waals surface area contributed by atoms with Crippen molar-refractivity contribution in [3.63, 3.8) is 0 Å². The van der Waals surface area contributed by atoms with Gasteiger partial charge in [-0.05, 0) is 48.9 Å². The van der Waals surface area contributed by atoms with E-state index in [1.165, 1.54) is 12.3 Å². The van der Waals surface area contributed by atoms with Crippen LogP contribution in [0.5, 0.6) is 0 Å². The molecule has 1 aliphatic carbocycles. The Morgan fingerprint density at radius 1 is 1.06 bits per heavy atom. The highest BCUT2D eigenvalue weighted by Gasteiger charge is 2.40. The summed E-state index contributed by atoms with van der Waals surface area (Å²) in [6.45, 7) is 1.51. The maximum Gasteiger partial charge on any atom is 0.418 e. The second-order valence-electron chi connectivity index (χ2n) is 8.79. The van der Waals surface area contributed by atoms with Crippen molar-refractivity contribution < 1.29 is 18.0 Å². The third-order valence-corrected chi connectivity index (χ3v) is 6.64. The van der Waals surface area contributed by atoms with E-state index in [0.29, 0.717) is 17.7 Å². The number of hydrogen-bond donors (Lipinski definition) is 3. The average Bonchev–Trinajstić information content (AvgIpc) is 3.04. The Labute approximate surface area is 198 Å². The molecule has 1 unspecified atom stereocenters. The number of anilines is 3. The van der Waals surface area contributed by atoms with Gasteiger partial charge < -0.3 is 21.7 Å². The summed E-state index contributed by atoms with van der Waals surface area (Å²) in [4.78, 5) is 31.4. The molecular weight excluding hydrogens is 461 g/mol. The van der Waals surface area contributed by atoms with Gasteiger partial charge in [0.1, 0.15) is 11.4 Å². The van der Waals surface area contributed by atoms with Gasteiger partial charge in [0.05, 0.1) is 17.4 Å². The molecule has 2 fully saturated rings. The molecule has 4 heterocycles. The van der Waals surface area contributed by atoms with Gasteiger partial charge in [-0.15, -0.1) is 0 Å². The molecule has 0 aromatic carbocycles. The quantitative estimate of drug-likeness (QED) is 0.514. The van der Waals surface area contributed by atoms with Crippen LogP contribution >= 0.6 is 0 Å². The van der Waals surface area contributed by atoms with Crippen molar-refractivity contribution in [1.29, 1.82) is 0 Å². The van der Waals surface area contributed by atoms with E-state index in [9.17, 15) is 18.0 Å². The van der Waals surface area contributed by atoms with E-state index in [-0.39, 0.29) is 23.2 Å². The molecule has 5 rings (SSSR count). The number of amides is 1. The van der Waals surface area contributed by atoms with Crippen LogP contribution in [0.25, 0.3) is 11.4 Å². The molecular formula is C23H23F3N8O. The normalized spacial score (nSPS) is 21.7. The number of piperidine rings is 1. The maximum absolute atomic E-state index is 13.5. The minimum Gasteiger partial charge on any atom is -0.382 e. The topological polar surface area (TPSA) is 136 Å². The first-order valence-electron chi connectivity index (χ1n) is 11.1. The number of rotatable bonds is 4. The van der Waals surface area contributed by atoms with Crippen LogP contribution < -0.4 is 21.7 Å². The Bertz CT molecular complexity index is 1250. The van der Waals surface area contributed by atoms with Crippen LogP contribution in [0.15, 0.2) is 42.9 Å². The van der Waals surface area contributed by atoms with Crippen LogP contribution in [-0.4, -0.2) is 45.0 Å². The fourth-order valence-corrected chi connectivity index (χ4v) is 4.89. The molecule has 1 aliphatic heterocycles. The Balaban J connectivity index is 1.44. The van der Waals surface area contributed by atoms with E-state index in [4.69, 9.17) is 11.5 Å². The number of hydrogen-bond acceptors (Lipinski definition) is 8. The Kier molecular flexibility index (Phi) is 5.75. The number of halogens is 3. The summed E-state index contributed by atoms with van der Waals surface area (Å²) in [5, 5.41) is 2.70. The zero-order valence-electron chi connectivity index (χ0n) is 18.5. The molecule has 182 valence electrons. The highest BCUT2D eigenvalue weighted by atomic mass is 19.4. The predicted octanol–water partition coefficient (Wildman–Crippen LogP) is 2.96. The predicted molar refractivity (Wildman–Crippen MR) is 123 cm³/mol. The van der Waals surface area contributed by atoms with Crippen molar-refractivity contribution in [1.82, 2.24) is 19.9 Å². The fraction of sp³-hybridized carbons (Fsp3) is 0.348. The largest absolute Gasteiger partial charge is 0.418 e. The van der Waals surface area contributed by atoms with E-state index in [2.05, 4.69) is 30.2 Å². The summed E-state index contributed by atoms with van der Waals surface area (Å²) >= 11 is 0. The number of carbonyl (C=O) groups is 1. The fourth-order valence-electron chi connectivity index (χ4n) is 4.89. The first kappa shape index (κ1) is 23.0. The number of nitrogens with two attached hydrogens (primary N) is 2. The van der Waals surface area contributed by atoms with Crippen molar-refractivity contribution in [2.75, 3.05) is 29.0 Å². The summed E-state index contributed by atoms with van der Waals surface area (Å²) in [5.74, 6) is 0.0785. The molecule has 12 heteroatoms. The molecule has 0 radical (unpaired) electrons. The Morgan fingerprint density at radius 2 is 1.74 bits per heavy atom. The lowest BCUT2D eigenvalue weighted by atomic mass is 9.93. The lowest BCUT2D eigenvalue weighted by Crippen LogP contribution is -2.49. The second kappa shape index (κ2) is 8.77. The van der Waals surface area contributed by atoms with Gasteiger partial charge in [0.25, 0.3) is 5.91 Å². The summed E-state index contributed by atoms with van der Waals surface area (Å²) in [5.41, 5.74) is 10.9. The average molecular weight is 484 g/mol. The highest BCUT2D eigenvalue weighted by Crippen LogP contribution is 2.39. The lowest BCUT2D eigenvalue weighted by molar-refractivity contribution is -0.137. The summed E-state index contributed by atoms with van der Waals surface area (Å²) in [6, 6.07) is 5.86. The minimum absolute atomic E-state index is 0.173. The summed E-state index contributed by atoms with van der Waals surface area (Å²) in [7, 11) is 0. The number of alkyl halides is 3. The smallest absolute Gasteiger partial charge is 0.382 e. The number of carbonyl (C=O) groups excluding carboxylic acids is 1. The van der Waals surface area contributed by atoms with Gasteiger partial charge >= 0.3 is 6.18 Å². The SMILES string of the molecule is Nc1ncc(-c2ncccc2C(F)(F)F)nc1C(=O)Nc1ncccc1N1C[C@H]2CC[C@@H](C1)C2N. The zero-order chi connectivity index (χ0) is 24.7. The highest BCUT2D eigenvalue weighted by molar-refractivity contribution is 6.06. The van der Waals surface area contributed by atoms with Gasteiger partial charge in [0, 0.05) is 31.5 Å². The van der Waals surface area contributed by atoms with E-state index < -0.39 is 23.3 Å². The number of nitrogen functional groups attached to an aromatic ring is 1. The van der Waals surface area contributed by atoms with E-state index >= 15 is 0 Å². The van der Waals surface area contributed by atoms with Crippen molar-refractivity contribution in [2.45, 2.75) is 25.1 Å². The van der Waals surface area contributed by atoms with Crippen LogP contribution in [0.1, 0.15) is 28.9 Å². The minimum atomic E-state index is -4.66. The molecule has 3 aromatic heterocycles. The molecule has 1 amide bonds. The molecule has 3 aromatic rings. The molecule has 2 aliphatic rings. The van der Waals surface area contributed by atoms with Crippen LogP contribution in [0.3, 0.4) is 0 Å². The number of nitrogens with zero attached hydrogens (tertiary/aromatic N) is 5. The Hall–Kier alpha value is -3.80. The number of aromatic nitrogens is 4. The molecule has 35 heavy (non-hydrogen) atoms. The molecule has 0 spiro atoms. The third kappa shape index (κ3) is 4.36. The van der Waals surface area contributed by atoms with Gasteiger partial charge in [-0.2, -0.15) is 13.2 Å². The van der Waals surface area contributed by atoms with Gasteiger partial charge in [-0.1, -0.05) is 0 Å². The second-order valence-corrected chi connectivity index (χ2v) is 8.79. The molecule has 9 nitrogen and oxygen atoms in total. The van der Waals surface area contributed by atoms with Crippen LogP contribution in [0.2, 0.25) is 0 Å². The monoisotopic (exact) mass is 484 g/mol. The van der Waals surface area contributed by atoms with Crippen LogP contribution in [0.4, 0.5) is 30.5 Å². The standard InChI is InChI=1S/C23H23F3N8O/c24-23(25,26)14-3-1-7-29-18(14)15-9-31-20(28)19(32-15)22(35)33-21-16(4-2-8-30-21)34-10-12-5-6-13(11-34)17(12)27/h1-4,7-9,12-13,17H,5-6,10-11,27H2,(H2,28,31)(H,30,33,35)/t12-,13+,17?. The lowest BCUT2D eigenvalue weighted by Gasteiger charge is -2.38. The van der Waals surface area contributed by atoms with Gasteiger partial charge in [0.2, 0.25) is 0 Å². The first-order valence-corrected chi connectivity index (χ1v) is 11.1. The number of pyridine rings is 2. The number of fused-ring (bicyclic) bond motifs is 2. The van der Waals surface area contributed by atoms with Crippen molar-refractivity contribution in [2.24, 2.45) is 17.6 Å². The first-order chi connectivity index (χ1) is 16.7. The van der Waals surface area contributed by atoms with Crippen LogP contribution in [-0.2, 0) is 6.18 Å².